The van der Waals surface area contributed by atoms with Crippen molar-refractivity contribution in [3.8, 4) is 47.7 Å². The summed E-state index contributed by atoms with van der Waals surface area (Å²) in [5.74, 6) is 6.67. The summed E-state index contributed by atoms with van der Waals surface area (Å²) < 4.78 is 101. The first-order valence-corrected chi connectivity index (χ1v) is 18.5. The maximum atomic E-state index is 13.0. The van der Waals surface area contributed by atoms with E-state index in [0.29, 0.717) is 76.4 Å². The summed E-state index contributed by atoms with van der Waals surface area (Å²) in [6.07, 6.45) is 5.16. The molecule has 0 bridgehead atoms. The van der Waals surface area contributed by atoms with Gasteiger partial charge in [-0.15, -0.1) is 12.8 Å². The number of nitrogens with two attached hydrogens (primary N) is 1. The second-order valence-corrected chi connectivity index (χ2v) is 13.7. The maximum absolute atomic E-state index is 13.0. The van der Waals surface area contributed by atoms with E-state index in [0.717, 1.165) is 17.9 Å². The Hall–Kier alpha value is -5.50. The first kappa shape index (κ1) is 42.6. The van der Waals surface area contributed by atoms with E-state index in [1.165, 1.54) is 36.4 Å². The number of hydrogen-bond donors (Lipinski definition) is 1. The highest BCUT2D eigenvalue weighted by molar-refractivity contribution is 5.42. The molecule has 0 atom stereocenters. The van der Waals surface area contributed by atoms with E-state index in [2.05, 4.69) is 21.6 Å². The van der Waals surface area contributed by atoms with Crippen LogP contribution >= 0.6 is 0 Å². The van der Waals surface area contributed by atoms with Crippen molar-refractivity contribution in [3.63, 3.8) is 0 Å². The lowest BCUT2D eigenvalue weighted by Gasteiger charge is -2.38. The Labute approximate surface area is 329 Å². The molecular formula is C44H45F6N3O4. The Morgan fingerprint density at radius 3 is 1.30 bits per heavy atom. The standard InChI is InChI=1S/C22H23F3N2O2.C22H22F3NO2/c1-2-21(29-18-9-7-17(26)8-10-18)11-13-27(14-12-21)15-16-28-20-6-4-3-5-19(20)22(23,24)25;1-2-21(28-18-8-4-3-5-9-18)12-14-26(15-13-21)16-17-27-20-11-7-6-10-19(20)22(23,24)25/h1,3-10H,11-16,26H2;1,3-11H,12-17H2. The number of benzene rings is 4. The van der Waals surface area contributed by atoms with Gasteiger partial charge in [-0.25, -0.2) is 0 Å². The zero-order chi connectivity index (χ0) is 40.9. The van der Waals surface area contributed by atoms with Crippen LogP contribution in [0.15, 0.2) is 103 Å². The topological polar surface area (TPSA) is 69.4 Å². The highest BCUT2D eigenvalue weighted by Gasteiger charge is 2.38. The van der Waals surface area contributed by atoms with Crippen molar-refractivity contribution in [2.75, 3.05) is 58.2 Å². The van der Waals surface area contributed by atoms with Crippen LogP contribution in [0.2, 0.25) is 0 Å². The largest absolute Gasteiger partial charge is 0.492 e. The Bertz CT molecular complexity index is 1940. The van der Waals surface area contributed by atoms with Crippen molar-refractivity contribution in [1.82, 2.24) is 9.80 Å². The summed E-state index contributed by atoms with van der Waals surface area (Å²) in [6, 6.07) is 27.0. The van der Waals surface area contributed by atoms with Crippen LogP contribution in [0.3, 0.4) is 0 Å². The first-order chi connectivity index (χ1) is 27.2. The van der Waals surface area contributed by atoms with Gasteiger partial charge in [-0.3, -0.25) is 9.80 Å². The van der Waals surface area contributed by atoms with Crippen molar-refractivity contribution in [2.24, 2.45) is 0 Å². The van der Waals surface area contributed by atoms with Crippen molar-refractivity contribution in [1.29, 1.82) is 0 Å². The molecule has 13 heteroatoms. The molecule has 4 aromatic carbocycles. The molecule has 0 spiro atoms. The average molecular weight is 794 g/mol. The summed E-state index contributed by atoms with van der Waals surface area (Å²) in [7, 11) is 0. The monoisotopic (exact) mass is 793 g/mol. The van der Waals surface area contributed by atoms with Crippen LogP contribution in [0.25, 0.3) is 0 Å². The lowest BCUT2D eigenvalue weighted by molar-refractivity contribution is -0.139. The summed E-state index contributed by atoms with van der Waals surface area (Å²) in [4.78, 5) is 4.23. The Balaban J connectivity index is 0.000000218. The number of terminal acetylenes is 2. The molecule has 0 saturated carbocycles. The molecule has 2 aliphatic rings. The Morgan fingerprint density at radius 1 is 0.544 bits per heavy atom. The number of hydrogen-bond acceptors (Lipinski definition) is 7. The summed E-state index contributed by atoms with van der Waals surface area (Å²) in [6.45, 7) is 4.10. The predicted molar refractivity (Wildman–Crippen MR) is 207 cm³/mol. The minimum Gasteiger partial charge on any atom is -0.492 e. The number of likely N-dealkylation sites (tertiary alicyclic amines) is 2. The minimum absolute atomic E-state index is 0.141. The van der Waals surface area contributed by atoms with E-state index < -0.39 is 34.7 Å². The number of alkyl halides is 6. The quantitative estimate of drug-likeness (QED) is 0.0874. The third kappa shape index (κ3) is 12.2. The Morgan fingerprint density at radius 2 is 0.912 bits per heavy atom. The predicted octanol–water partition coefficient (Wildman–Crippen LogP) is 8.84. The number of anilines is 1. The second-order valence-electron chi connectivity index (χ2n) is 13.7. The van der Waals surface area contributed by atoms with E-state index in [-0.39, 0.29) is 24.7 Å². The summed E-state index contributed by atoms with van der Waals surface area (Å²) in [5, 5.41) is 0. The van der Waals surface area contributed by atoms with Gasteiger partial charge in [0.05, 0.1) is 11.1 Å². The van der Waals surface area contributed by atoms with Gasteiger partial charge in [0, 0.05) is 70.6 Å². The van der Waals surface area contributed by atoms with Crippen LogP contribution in [0.4, 0.5) is 32.0 Å². The van der Waals surface area contributed by atoms with Crippen LogP contribution in [0.1, 0.15) is 36.8 Å². The normalized spacial score (nSPS) is 16.8. The minimum atomic E-state index is -4.44. The van der Waals surface area contributed by atoms with Gasteiger partial charge < -0.3 is 24.7 Å². The first-order valence-electron chi connectivity index (χ1n) is 18.5. The molecule has 2 aliphatic heterocycles. The third-order valence-corrected chi connectivity index (χ3v) is 9.82. The van der Waals surface area contributed by atoms with Crippen molar-refractivity contribution in [3.05, 3.63) is 114 Å². The van der Waals surface area contributed by atoms with E-state index in [1.54, 1.807) is 24.3 Å². The number of halogens is 6. The van der Waals surface area contributed by atoms with Crippen LogP contribution < -0.4 is 24.7 Å². The van der Waals surface area contributed by atoms with E-state index in [9.17, 15) is 26.3 Å². The number of rotatable bonds is 12. The van der Waals surface area contributed by atoms with Gasteiger partial charge in [0.25, 0.3) is 0 Å². The summed E-state index contributed by atoms with van der Waals surface area (Å²) >= 11 is 0. The molecule has 0 unspecified atom stereocenters. The maximum Gasteiger partial charge on any atom is 0.419 e. The van der Waals surface area contributed by atoms with Gasteiger partial charge in [0.15, 0.2) is 11.2 Å². The molecule has 302 valence electrons. The Kier molecular flexibility index (Phi) is 14.3. The number of ether oxygens (including phenoxy) is 4. The molecule has 4 aromatic rings. The van der Waals surface area contributed by atoms with Gasteiger partial charge >= 0.3 is 12.4 Å². The molecule has 7 nitrogen and oxygen atoms in total. The molecule has 2 saturated heterocycles. The molecule has 0 aliphatic carbocycles. The van der Waals surface area contributed by atoms with Gasteiger partial charge in [-0.1, -0.05) is 54.3 Å². The zero-order valence-corrected chi connectivity index (χ0v) is 31.3. The molecule has 2 N–H and O–H groups in total. The highest BCUT2D eigenvalue weighted by Crippen LogP contribution is 2.37. The fourth-order valence-corrected chi connectivity index (χ4v) is 6.53. The number of para-hydroxylation sites is 3. The van der Waals surface area contributed by atoms with Crippen molar-refractivity contribution in [2.45, 2.75) is 49.2 Å². The lowest BCUT2D eigenvalue weighted by atomic mass is 9.92. The molecule has 57 heavy (non-hydrogen) atoms. The van der Waals surface area contributed by atoms with Gasteiger partial charge in [0.1, 0.15) is 36.2 Å². The van der Waals surface area contributed by atoms with Gasteiger partial charge in [0.2, 0.25) is 0 Å². The molecule has 0 radical (unpaired) electrons. The molecular weight excluding hydrogens is 748 g/mol. The number of nitrogens with zero attached hydrogens (tertiary/aromatic N) is 2. The molecule has 2 heterocycles. The summed E-state index contributed by atoms with van der Waals surface area (Å²) in [5.41, 5.74) is 3.47. The molecule has 0 aromatic heterocycles. The zero-order valence-electron chi connectivity index (χ0n) is 31.3. The van der Waals surface area contributed by atoms with Crippen molar-refractivity contribution >= 4 is 5.69 Å². The second kappa shape index (κ2) is 19.1. The molecule has 0 amide bonds. The van der Waals surface area contributed by atoms with Crippen LogP contribution in [-0.4, -0.2) is 73.5 Å². The van der Waals surface area contributed by atoms with E-state index >= 15 is 0 Å². The fourth-order valence-electron chi connectivity index (χ4n) is 6.53. The smallest absolute Gasteiger partial charge is 0.419 e. The van der Waals surface area contributed by atoms with E-state index in [4.69, 9.17) is 37.5 Å². The van der Waals surface area contributed by atoms with Crippen LogP contribution in [0, 0.1) is 24.7 Å². The van der Waals surface area contributed by atoms with Crippen LogP contribution in [0.5, 0.6) is 23.0 Å². The molecule has 6 rings (SSSR count). The average Bonchev–Trinajstić information content (AvgIpc) is 3.20. The molecule has 2 fully saturated rings. The van der Waals surface area contributed by atoms with E-state index in [1.807, 2.05) is 30.3 Å². The number of nitrogen functional groups attached to an aromatic ring is 1. The fraction of sp³-hybridized carbons (Fsp3) is 0.364. The van der Waals surface area contributed by atoms with Gasteiger partial charge in [-0.05, 0) is 60.7 Å². The van der Waals surface area contributed by atoms with Gasteiger partial charge in [-0.2, -0.15) is 26.3 Å². The lowest BCUT2D eigenvalue weighted by Crippen LogP contribution is -2.48. The SMILES string of the molecule is C#CC1(Oc2ccc(N)cc2)CCN(CCOc2ccccc2C(F)(F)F)CC1.C#CC1(Oc2ccccc2)CCN(CCOc2ccccc2C(F)(F)F)CC1. The highest BCUT2D eigenvalue weighted by atomic mass is 19.4. The van der Waals surface area contributed by atoms with Crippen molar-refractivity contribution < 1.29 is 45.3 Å². The number of piperidine rings is 2. The van der Waals surface area contributed by atoms with Crippen LogP contribution in [-0.2, 0) is 12.4 Å². The third-order valence-electron chi connectivity index (χ3n) is 9.82.